The van der Waals surface area contributed by atoms with Crippen LogP contribution in [0.3, 0.4) is 0 Å². The largest absolute Gasteiger partial charge is 0.354 e. The summed E-state index contributed by atoms with van der Waals surface area (Å²) in [5.74, 6) is 0.649. The van der Waals surface area contributed by atoms with Crippen LogP contribution in [-0.2, 0) is 17.9 Å². The molecule has 1 amide bonds. The van der Waals surface area contributed by atoms with Crippen molar-refractivity contribution < 1.29 is 4.79 Å². The van der Waals surface area contributed by atoms with E-state index >= 15 is 0 Å². The Morgan fingerprint density at radius 1 is 0.868 bits per heavy atom. The number of nitriles is 2. The summed E-state index contributed by atoms with van der Waals surface area (Å²) in [7, 11) is 1.82. The molecule has 2 aliphatic rings. The third kappa shape index (κ3) is 6.73. The van der Waals surface area contributed by atoms with Gasteiger partial charge in [-0.25, -0.2) is 0 Å². The highest BCUT2D eigenvalue weighted by molar-refractivity contribution is 5.93. The third-order valence-corrected chi connectivity index (χ3v) is 7.46. The lowest BCUT2D eigenvalue weighted by molar-refractivity contribution is -0.118. The van der Waals surface area contributed by atoms with Gasteiger partial charge in [0.25, 0.3) is 0 Å². The Bertz CT molecular complexity index is 1230. The molecule has 0 aromatic heterocycles. The standard InChI is InChI=1S/C31H38N6O/c1-24-16-25(2)18-27(17-24)23-37-15-14-36(31(37)28(20-32)21-33)13-10-30(38)34(3)29-9-7-8-26(19-29)22-35-11-5-4-6-12-35/h7-9,16-19H,4-6,10-15,22-23H2,1-3H3. The van der Waals surface area contributed by atoms with Gasteiger partial charge in [-0.3, -0.25) is 9.69 Å². The van der Waals surface area contributed by atoms with Gasteiger partial charge in [0.05, 0.1) is 0 Å². The maximum Gasteiger partial charge on any atom is 0.228 e. The van der Waals surface area contributed by atoms with E-state index in [9.17, 15) is 15.3 Å². The number of rotatable bonds is 8. The molecule has 0 aliphatic carbocycles. The predicted molar refractivity (Wildman–Crippen MR) is 150 cm³/mol. The summed E-state index contributed by atoms with van der Waals surface area (Å²) < 4.78 is 0. The van der Waals surface area contributed by atoms with E-state index in [4.69, 9.17) is 0 Å². The Hall–Kier alpha value is -3.81. The smallest absolute Gasteiger partial charge is 0.228 e. The second-order valence-corrected chi connectivity index (χ2v) is 10.5. The first-order chi connectivity index (χ1) is 18.4. The van der Waals surface area contributed by atoms with E-state index < -0.39 is 0 Å². The molecule has 198 valence electrons. The maximum atomic E-state index is 13.2. The third-order valence-electron chi connectivity index (χ3n) is 7.46. The Kier molecular flexibility index (Phi) is 9.05. The molecule has 4 rings (SSSR count). The zero-order chi connectivity index (χ0) is 27.1. The van der Waals surface area contributed by atoms with E-state index in [-0.39, 0.29) is 11.5 Å². The molecule has 2 heterocycles. The van der Waals surface area contributed by atoms with Gasteiger partial charge in [0.1, 0.15) is 18.0 Å². The van der Waals surface area contributed by atoms with Crippen LogP contribution in [0.15, 0.2) is 53.9 Å². The molecule has 2 aromatic carbocycles. The number of amides is 1. The Morgan fingerprint density at radius 3 is 2.24 bits per heavy atom. The fraction of sp³-hybridized carbons (Fsp3) is 0.452. The Labute approximate surface area is 227 Å². The molecule has 0 radical (unpaired) electrons. The molecule has 2 fully saturated rings. The van der Waals surface area contributed by atoms with Crippen molar-refractivity contribution in [3.8, 4) is 12.1 Å². The number of anilines is 1. The van der Waals surface area contributed by atoms with Crippen LogP contribution in [0.5, 0.6) is 0 Å². The number of nitrogens with zero attached hydrogens (tertiary/aromatic N) is 6. The van der Waals surface area contributed by atoms with Crippen molar-refractivity contribution in [1.29, 1.82) is 10.5 Å². The lowest BCUT2D eigenvalue weighted by Crippen LogP contribution is -2.32. The second kappa shape index (κ2) is 12.6. The number of benzene rings is 2. The number of carbonyl (C=O) groups excluding carboxylic acids is 1. The second-order valence-electron chi connectivity index (χ2n) is 10.5. The first-order valence-corrected chi connectivity index (χ1v) is 13.6. The average Bonchev–Trinajstić information content (AvgIpc) is 3.29. The van der Waals surface area contributed by atoms with Crippen LogP contribution in [0.4, 0.5) is 5.69 Å². The average molecular weight is 511 g/mol. The van der Waals surface area contributed by atoms with Gasteiger partial charge < -0.3 is 14.7 Å². The number of piperidine rings is 1. The van der Waals surface area contributed by atoms with E-state index in [1.807, 2.05) is 24.1 Å². The molecule has 0 saturated carbocycles. The molecule has 38 heavy (non-hydrogen) atoms. The fourth-order valence-corrected chi connectivity index (χ4v) is 5.63. The number of hydrogen-bond acceptors (Lipinski definition) is 6. The minimum absolute atomic E-state index is 0.0164. The van der Waals surface area contributed by atoms with E-state index in [0.29, 0.717) is 38.4 Å². The van der Waals surface area contributed by atoms with Crippen molar-refractivity contribution in [2.45, 2.75) is 52.6 Å². The van der Waals surface area contributed by atoms with Crippen LogP contribution in [0.1, 0.15) is 47.9 Å². The van der Waals surface area contributed by atoms with Gasteiger partial charge in [0, 0.05) is 51.9 Å². The summed E-state index contributed by atoms with van der Waals surface area (Å²) in [6.07, 6.45) is 4.13. The van der Waals surface area contributed by atoms with Crippen LogP contribution in [-0.4, -0.2) is 60.4 Å². The molecule has 2 aromatic rings. The molecule has 0 spiro atoms. The molecule has 0 N–H and O–H groups in total. The number of likely N-dealkylation sites (tertiary alicyclic amines) is 1. The van der Waals surface area contributed by atoms with Gasteiger partial charge in [0.15, 0.2) is 5.57 Å². The predicted octanol–water partition coefficient (Wildman–Crippen LogP) is 4.72. The first-order valence-electron chi connectivity index (χ1n) is 13.6. The van der Waals surface area contributed by atoms with Gasteiger partial charge in [-0.15, -0.1) is 0 Å². The van der Waals surface area contributed by atoms with E-state index in [2.05, 4.69) is 66.1 Å². The lowest BCUT2D eigenvalue weighted by Gasteiger charge is -2.27. The van der Waals surface area contributed by atoms with Crippen molar-refractivity contribution in [2.24, 2.45) is 0 Å². The molecule has 0 unspecified atom stereocenters. The zero-order valence-electron chi connectivity index (χ0n) is 22.9. The summed E-state index contributed by atoms with van der Waals surface area (Å²) in [4.78, 5) is 21.5. The highest BCUT2D eigenvalue weighted by Crippen LogP contribution is 2.26. The van der Waals surface area contributed by atoms with Crippen molar-refractivity contribution in [3.63, 3.8) is 0 Å². The van der Waals surface area contributed by atoms with Gasteiger partial charge in [-0.05, 0) is 63.0 Å². The normalized spacial score (nSPS) is 15.8. The highest BCUT2D eigenvalue weighted by Gasteiger charge is 2.29. The monoisotopic (exact) mass is 510 g/mol. The number of hydrogen-bond donors (Lipinski definition) is 0. The Balaban J connectivity index is 1.41. The van der Waals surface area contributed by atoms with E-state index in [1.54, 1.807) is 4.90 Å². The summed E-state index contributed by atoms with van der Waals surface area (Å²) in [6.45, 7) is 9.81. The summed E-state index contributed by atoms with van der Waals surface area (Å²) in [6, 6.07) is 18.8. The molecule has 2 aliphatic heterocycles. The number of aryl methyl sites for hydroxylation is 2. The topological polar surface area (TPSA) is 77.6 Å². The van der Waals surface area contributed by atoms with Gasteiger partial charge in [-0.1, -0.05) is 47.9 Å². The summed E-state index contributed by atoms with van der Waals surface area (Å²) in [5, 5.41) is 19.3. The van der Waals surface area contributed by atoms with Crippen LogP contribution < -0.4 is 4.90 Å². The molecule has 0 bridgehead atoms. The molecule has 7 heteroatoms. The van der Waals surface area contributed by atoms with E-state index in [0.717, 1.165) is 30.9 Å². The molecular formula is C31H38N6O. The SMILES string of the molecule is Cc1cc(C)cc(CN2CCN(CCC(=O)N(C)c3cccc(CN4CCCCC4)c3)C2=C(C#N)C#N)c1. The van der Waals surface area contributed by atoms with Crippen molar-refractivity contribution in [2.75, 3.05) is 44.7 Å². The molecule has 0 atom stereocenters. The number of allylic oxidation sites excluding steroid dienone is 1. The molecule has 2 saturated heterocycles. The Morgan fingerprint density at radius 2 is 1.55 bits per heavy atom. The quantitative estimate of drug-likeness (QED) is 0.479. The van der Waals surface area contributed by atoms with Crippen molar-refractivity contribution in [1.82, 2.24) is 14.7 Å². The highest BCUT2D eigenvalue weighted by atomic mass is 16.2. The maximum absolute atomic E-state index is 13.2. The number of carbonyl (C=O) groups is 1. The van der Waals surface area contributed by atoms with Crippen molar-refractivity contribution in [3.05, 3.63) is 76.1 Å². The van der Waals surface area contributed by atoms with Crippen LogP contribution in [0.2, 0.25) is 0 Å². The summed E-state index contributed by atoms with van der Waals surface area (Å²) >= 11 is 0. The van der Waals surface area contributed by atoms with Crippen LogP contribution >= 0.6 is 0 Å². The zero-order valence-corrected chi connectivity index (χ0v) is 22.9. The van der Waals surface area contributed by atoms with Crippen molar-refractivity contribution >= 4 is 11.6 Å². The fourth-order valence-electron chi connectivity index (χ4n) is 5.63. The minimum Gasteiger partial charge on any atom is -0.354 e. The minimum atomic E-state index is 0.0164. The van der Waals surface area contributed by atoms with Gasteiger partial charge in [0.2, 0.25) is 5.91 Å². The first kappa shape index (κ1) is 27.2. The lowest BCUT2D eigenvalue weighted by atomic mass is 10.1. The molecule has 7 nitrogen and oxygen atoms in total. The van der Waals surface area contributed by atoms with Crippen LogP contribution in [0.25, 0.3) is 0 Å². The van der Waals surface area contributed by atoms with E-state index in [1.165, 1.54) is 36.0 Å². The van der Waals surface area contributed by atoms with Gasteiger partial charge >= 0.3 is 0 Å². The van der Waals surface area contributed by atoms with Gasteiger partial charge in [-0.2, -0.15) is 10.5 Å². The molecular weight excluding hydrogens is 472 g/mol. The summed E-state index contributed by atoms with van der Waals surface area (Å²) in [5.41, 5.74) is 5.75. The van der Waals surface area contributed by atoms with Crippen LogP contribution in [0, 0.1) is 36.5 Å².